The lowest BCUT2D eigenvalue weighted by Crippen LogP contribution is -2.40. The molecule has 0 aromatic heterocycles. The molecule has 0 aliphatic carbocycles. The fourth-order valence-electron chi connectivity index (χ4n) is 1.47. The van der Waals surface area contributed by atoms with Crippen molar-refractivity contribution < 1.29 is 4.79 Å². The summed E-state index contributed by atoms with van der Waals surface area (Å²) in [4.78, 5) is 11.9. The topological polar surface area (TPSA) is 55.1 Å². The quantitative estimate of drug-likeness (QED) is 0.889. The third-order valence-corrected chi connectivity index (χ3v) is 3.79. The van der Waals surface area contributed by atoms with Crippen LogP contribution in [0.25, 0.3) is 0 Å². The minimum Gasteiger partial charge on any atom is -0.323 e. The minimum absolute atomic E-state index is 0.115. The molecule has 0 fully saturated rings. The van der Waals surface area contributed by atoms with Crippen LogP contribution in [0, 0.1) is 12.8 Å². The SMILES string of the molecule is CC[C@H](C)[C@H](N)C(=O)Nc1cc(Cl)c(C)cc1Cl. The van der Waals surface area contributed by atoms with Gasteiger partial charge in [0, 0.05) is 5.02 Å². The lowest BCUT2D eigenvalue weighted by atomic mass is 9.99. The van der Waals surface area contributed by atoms with E-state index in [0.717, 1.165) is 12.0 Å². The maximum Gasteiger partial charge on any atom is 0.241 e. The number of nitrogens with two attached hydrogens (primary N) is 1. The van der Waals surface area contributed by atoms with Crippen LogP contribution < -0.4 is 11.1 Å². The van der Waals surface area contributed by atoms with E-state index in [1.54, 1.807) is 12.1 Å². The molecule has 3 nitrogen and oxygen atoms in total. The van der Waals surface area contributed by atoms with Crippen molar-refractivity contribution in [1.82, 2.24) is 0 Å². The maximum absolute atomic E-state index is 11.9. The van der Waals surface area contributed by atoms with Crippen molar-refractivity contribution in [3.63, 3.8) is 0 Å². The molecule has 0 saturated heterocycles. The van der Waals surface area contributed by atoms with E-state index >= 15 is 0 Å². The van der Waals surface area contributed by atoms with Crippen LogP contribution in [0.15, 0.2) is 12.1 Å². The van der Waals surface area contributed by atoms with Crippen molar-refractivity contribution in [2.45, 2.75) is 33.2 Å². The highest BCUT2D eigenvalue weighted by Crippen LogP contribution is 2.29. The lowest BCUT2D eigenvalue weighted by Gasteiger charge is -2.18. The average Bonchev–Trinajstić information content (AvgIpc) is 2.33. The molecule has 1 aromatic carbocycles. The monoisotopic (exact) mass is 288 g/mol. The Hall–Kier alpha value is -0.770. The molecular formula is C13H18Cl2N2O. The predicted octanol–water partition coefficient (Wildman–Crippen LogP) is 3.61. The molecule has 0 aliphatic heterocycles. The van der Waals surface area contributed by atoms with Crippen molar-refractivity contribution in [2.75, 3.05) is 5.32 Å². The molecule has 1 amide bonds. The minimum atomic E-state index is -0.550. The van der Waals surface area contributed by atoms with Crippen LogP contribution in [0.1, 0.15) is 25.8 Å². The summed E-state index contributed by atoms with van der Waals surface area (Å²) in [5, 5.41) is 3.73. The number of carbonyl (C=O) groups excluding carboxylic acids is 1. The van der Waals surface area contributed by atoms with Gasteiger partial charge in [-0.3, -0.25) is 4.79 Å². The number of hydrogen-bond donors (Lipinski definition) is 2. The first-order chi connectivity index (χ1) is 8.36. The maximum atomic E-state index is 11.9. The summed E-state index contributed by atoms with van der Waals surface area (Å²) >= 11 is 12.0. The number of amides is 1. The van der Waals surface area contributed by atoms with Crippen LogP contribution in [0.3, 0.4) is 0 Å². The first-order valence-corrected chi connectivity index (χ1v) is 6.64. The fourth-order valence-corrected chi connectivity index (χ4v) is 1.90. The molecule has 3 N–H and O–H groups in total. The Morgan fingerprint density at radius 2 is 2.00 bits per heavy atom. The second-order valence-corrected chi connectivity index (χ2v) is 5.30. The zero-order valence-electron chi connectivity index (χ0n) is 10.8. The number of halogens is 2. The normalized spacial score (nSPS) is 14.1. The van der Waals surface area contributed by atoms with E-state index in [1.165, 1.54) is 0 Å². The van der Waals surface area contributed by atoms with Gasteiger partial charge < -0.3 is 11.1 Å². The van der Waals surface area contributed by atoms with Gasteiger partial charge in [0.05, 0.1) is 16.8 Å². The van der Waals surface area contributed by atoms with Gasteiger partial charge in [0.2, 0.25) is 5.91 Å². The average molecular weight is 289 g/mol. The van der Waals surface area contributed by atoms with Crippen LogP contribution in [-0.2, 0) is 4.79 Å². The van der Waals surface area contributed by atoms with Gasteiger partial charge in [-0.25, -0.2) is 0 Å². The van der Waals surface area contributed by atoms with Gasteiger partial charge >= 0.3 is 0 Å². The molecule has 100 valence electrons. The van der Waals surface area contributed by atoms with E-state index in [4.69, 9.17) is 28.9 Å². The molecule has 18 heavy (non-hydrogen) atoms. The standard InChI is InChI=1S/C13H18Cl2N2O/c1-4-7(2)12(16)13(18)17-11-6-9(14)8(3)5-10(11)15/h5-7,12H,4,16H2,1-3H3,(H,17,18)/t7-,12-/m0/s1. The third kappa shape index (κ3) is 3.61. The summed E-state index contributed by atoms with van der Waals surface area (Å²) in [6, 6.07) is 2.81. The van der Waals surface area contributed by atoms with Crippen LogP contribution >= 0.6 is 23.2 Å². The number of nitrogens with one attached hydrogen (secondary N) is 1. The number of rotatable bonds is 4. The molecule has 0 spiro atoms. The van der Waals surface area contributed by atoms with Crippen molar-refractivity contribution >= 4 is 34.8 Å². The van der Waals surface area contributed by atoms with E-state index in [-0.39, 0.29) is 11.8 Å². The summed E-state index contributed by atoms with van der Waals surface area (Å²) in [5.74, 6) is -0.129. The predicted molar refractivity (Wildman–Crippen MR) is 77.3 cm³/mol. The molecule has 2 atom stereocenters. The zero-order chi connectivity index (χ0) is 13.9. The molecule has 0 bridgehead atoms. The van der Waals surface area contributed by atoms with Crippen molar-refractivity contribution in [3.8, 4) is 0 Å². The summed E-state index contributed by atoms with van der Waals surface area (Å²) in [5.41, 5.74) is 7.21. The lowest BCUT2D eigenvalue weighted by molar-refractivity contribution is -0.118. The van der Waals surface area contributed by atoms with Gasteiger partial charge in [0.25, 0.3) is 0 Å². The molecule has 1 aromatic rings. The first kappa shape index (κ1) is 15.3. The van der Waals surface area contributed by atoms with E-state index < -0.39 is 6.04 Å². The summed E-state index contributed by atoms with van der Waals surface area (Å²) in [6.07, 6.45) is 0.844. The molecule has 1 rings (SSSR count). The van der Waals surface area contributed by atoms with Crippen molar-refractivity contribution in [1.29, 1.82) is 0 Å². The Balaban J connectivity index is 2.85. The number of benzene rings is 1. The number of hydrogen-bond acceptors (Lipinski definition) is 2. The van der Waals surface area contributed by atoms with Crippen LogP contribution in [0.2, 0.25) is 10.0 Å². The second-order valence-electron chi connectivity index (χ2n) is 4.48. The third-order valence-electron chi connectivity index (χ3n) is 3.07. The van der Waals surface area contributed by atoms with Crippen molar-refractivity contribution in [2.24, 2.45) is 11.7 Å². The van der Waals surface area contributed by atoms with Gasteiger partial charge in [0.15, 0.2) is 0 Å². The van der Waals surface area contributed by atoms with Gasteiger partial charge in [-0.05, 0) is 30.5 Å². The van der Waals surface area contributed by atoms with Gasteiger partial charge in [-0.2, -0.15) is 0 Å². The van der Waals surface area contributed by atoms with E-state index in [0.29, 0.717) is 15.7 Å². The molecule has 0 saturated carbocycles. The van der Waals surface area contributed by atoms with Crippen molar-refractivity contribution in [3.05, 3.63) is 27.7 Å². The summed E-state index contributed by atoms with van der Waals surface area (Å²) < 4.78 is 0. The Bertz CT molecular complexity index is 449. The highest BCUT2D eigenvalue weighted by atomic mass is 35.5. The van der Waals surface area contributed by atoms with Gasteiger partial charge in [0.1, 0.15) is 0 Å². The molecule has 0 aliphatic rings. The van der Waals surface area contributed by atoms with Gasteiger partial charge in [-0.15, -0.1) is 0 Å². The second kappa shape index (κ2) is 6.41. The number of anilines is 1. The molecule has 5 heteroatoms. The zero-order valence-corrected chi connectivity index (χ0v) is 12.3. The molecular weight excluding hydrogens is 271 g/mol. The number of carbonyl (C=O) groups is 1. The molecule has 0 radical (unpaired) electrons. The Morgan fingerprint density at radius 3 is 2.56 bits per heavy atom. The van der Waals surface area contributed by atoms with E-state index in [1.807, 2.05) is 20.8 Å². The van der Waals surface area contributed by atoms with E-state index in [9.17, 15) is 4.79 Å². The molecule has 0 unspecified atom stereocenters. The first-order valence-electron chi connectivity index (χ1n) is 5.88. The number of aryl methyl sites for hydroxylation is 1. The van der Waals surface area contributed by atoms with E-state index in [2.05, 4.69) is 5.32 Å². The Morgan fingerprint density at radius 1 is 1.39 bits per heavy atom. The largest absolute Gasteiger partial charge is 0.323 e. The highest BCUT2D eigenvalue weighted by Gasteiger charge is 2.20. The molecule has 0 heterocycles. The smallest absolute Gasteiger partial charge is 0.241 e. The van der Waals surface area contributed by atoms with Crippen LogP contribution in [0.4, 0.5) is 5.69 Å². The van der Waals surface area contributed by atoms with Crippen LogP contribution in [0.5, 0.6) is 0 Å². The summed E-state index contributed by atoms with van der Waals surface area (Å²) in [7, 11) is 0. The van der Waals surface area contributed by atoms with Crippen LogP contribution in [-0.4, -0.2) is 11.9 Å². The highest BCUT2D eigenvalue weighted by molar-refractivity contribution is 6.36. The summed E-state index contributed by atoms with van der Waals surface area (Å²) in [6.45, 7) is 5.78. The van der Waals surface area contributed by atoms with Gasteiger partial charge in [-0.1, -0.05) is 43.5 Å². The Labute approximate surface area is 118 Å². The Kier molecular flexibility index (Phi) is 5.45. The fraction of sp³-hybridized carbons (Fsp3) is 0.462.